The molecule has 3 rings (SSSR count). The topological polar surface area (TPSA) is 72.0 Å². The average molecular weight is 342 g/mol. The highest BCUT2D eigenvalue weighted by molar-refractivity contribution is 7.13. The lowest BCUT2D eigenvalue weighted by Gasteiger charge is -2.12. The van der Waals surface area contributed by atoms with E-state index in [1.165, 1.54) is 11.3 Å². The molecule has 0 unspecified atom stereocenters. The molecule has 0 saturated carbocycles. The molecule has 1 atom stereocenters. The van der Waals surface area contributed by atoms with E-state index < -0.39 is 12.1 Å². The van der Waals surface area contributed by atoms with Gasteiger partial charge in [-0.05, 0) is 33.8 Å². The Labute approximate surface area is 143 Å². The maximum atomic E-state index is 12.8. The average Bonchev–Trinajstić information content (AvgIpc) is 3.04. The molecular formula is C18H18N2O3S. The summed E-state index contributed by atoms with van der Waals surface area (Å²) in [5.41, 5.74) is 2.87. The maximum Gasteiger partial charge on any atom is 0.350 e. The molecule has 0 spiro atoms. The first-order valence-electron chi connectivity index (χ1n) is 7.65. The van der Waals surface area contributed by atoms with E-state index in [0.717, 1.165) is 21.6 Å². The summed E-state index contributed by atoms with van der Waals surface area (Å²) >= 11 is 1.28. The molecule has 24 heavy (non-hydrogen) atoms. The van der Waals surface area contributed by atoms with E-state index in [9.17, 15) is 9.59 Å². The molecule has 0 fully saturated rings. The molecule has 6 heteroatoms. The zero-order chi connectivity index (χ0) is 17.4. The van der Waals surface area contributed by atoms with Crippen molar-refractivity contribution in [2.24, 2.45) is 0 Å². The van der Waals surface area contributed by atoms with E-state index in [0.29, 0.717) is 16.1 Å². The molecular weight excluding hydrogens is 324 g/mol. The lowest BCUT2D eigenvalue weighted by atomic mass is 10.0. The Bertz CT molecular complexity index is 939. The Hall–Kier alpha value is -2.47. The van der Waals surface area contributed by atoms with Crippen molar-refractivity contribution >= 4 is 34.0 Å². The van der Waals surface area contributed by atoms with Gasteiger partial charge >= 0.3 is 5.97 Å². The Morgan fingerprint density at radius 1 is 1.21 bits per heavy atom. The summed E-state index contributed by atoms with van der Waals surface area (Å²) in [5, 5.41) is 1.64. The molecule has 5 nitrogen and oxygen atoms in total. The highest BCUT2D eigenvalue weighted by Gasteiger charge is 2.26. The van der Waals surface area contributed by atoms with E-state index in [4.69, 9.17) is 4.74 Å². The molecule has 0 amide bonds. The monoisotopic (exact) mass is 342 g/mol. The molecule has 0 radical (unpaired) electrons. The number of benzene rings is 1. The molecule has 0 bridgehead atoms. The number of aromatic amines is 1. The van der Waals surface area contributed by atoms with Crippen LogP contribution in [0.3, 0.4) is 0 Å². The first-order chi connectivity index (χ1) is 11.4. The van der Waals surface area contributed by atoms with Crippen LogP contribution in [-0.2, 0) is 4.74 Å². The van der Waals surface area contributed by atoms with Crippen molar-refractivity contribution in [3.63, 3.8) is 0 Å². The number of nitrogens with zero attached hydrogens (tertiary/aromatic N) is 1. The third kappa shape index (κ3) is 2.85. The lowest BCUT2D eigenvalue weighted by Crippen LogP contribution is -2.24. The molecule has 0 aliphatic heterocycles. The molecule has 2 aromatic heterocycles. The highest BCUT2D eigenvalue weighted by Crippen LogP contribution is 2.25. The van der Waals surface area contributed by atoms with Crippen LogP contribution in [0.1, 0.15) is 43.3 Å². The van der Waals surface area contributed by atoms with Crippen LogP contribution in [0.25, 0.3) is 10.9 Å². The zero-order valence-corrected chi connectivity index (χ0v) is 14.8. The fourth-order valence-corrected chi connectivity index (χ4v) is 3.59. The van der Waals surface area contributed by atoms with E-state index in [2.05, 4.69) is 9.97 Å². The quantitative estimate of drug-likeness (QED) is 0.575. The Balaban J connectivity index is 1.85. The second-order valence-corrected chi connectivity index (χ2v) is 6.93. The van der Waals surface area contributed by atoms with Gasteiger partial charge in [0, 0.05) is 22.2 Å². The number of H-pyrrole nitrogens is 1. The Kier molecular flexibility index (Phi) is 4.24. The van der Waals surface area contributed by atoms with Gasteiger partial charge in [0.25, 0.3) is 0 Å². The number of hydrogen-bond donors (Lipinski definition) is 1. The number of aromatic nitrogens is 2. The molecule has 1 aromatic carbocycles. The molecule has 0 saturated heterocycles. The van der Waals surface area contributed by atoms with Crippen molar-refractivity contribution in [2.45, 2.75) is 33.8 Å². The number of thiazole rings is 1. The number of carbonyl (C=O) groups is 2. The zero-order valence-electron chi connectivity index (χ0n) is 14.0. The molecule has 2 heterocycles. The van der Waals surface area contributed by atoms with Crippen LogP contribution in [0, 0.1) is 20.8 Å². The lowest BCUT2D eigenvalue weighted by molar-refractivity contribution is 0.0323. The molecule has 3 aromatic rings. The molecule has 0 aliphatic rings. The number of hydrogen-bond acceptors (Lipinski definition) is 5. The van der Waals surface area contributed by atoms with Gasteiger partial charge in [0.15, 0.2) is 6.10 Å². The summed E-state index contributed by atoms with van der Waals surface area (Å²) in [6, 6.07) is 7.59. The van der Waals surface area contributed by atoms with Crippen LogP contribution in [0.15, 0.2) is 24.3 Å². The number of esters is 1. The summed E-state index contributed by atoms with van der Waals surface area (Å²) < 4.78 is 5.39. The fourth-order valence-electron chi connectivity index (χ4n) is 2.79. The molecule has 1 N–H and O–H groups in total. The fraction of sp³-hybridized carbons (Fsp3) is 0.278. The van der Waals surface area contributed by atoms with E-state index in [1.807, 2.05) is 38.1 Å². The summed E-state index contributed by atoms with van der Waals surface area (Å²) in [5.74, 6) is -0.714. The predicted octanol–water partition coefficient (Wildman–Crippen LogP) is 3.98. The van der Waals surface area contributed by atoms with Crippen LogP contribution in [0.5, 0.6) is 0 Å². The van der Waals surface area contributed by atoms with E-state index in [-0.39, 0.29) is 5.78 Å². The second-order valence-electron chi connectivity index (χ2n) is 5.73. The van der Waals surface area contributed by atoms with Gasteiger partial charge in [-0.25, -0.2) is 9.78 Å². The maximum absolute atomic E-state index is 12.8. The standard InChI is InChI=1S/C18H18N2O3S/c1-9-15(13-7-5-6-8-14(13)20-9)16(21)11(3)23-18(22)17-10(2)19-12(4)24-17/h5-8,11,20H,1-4H3/t11-/m1/s1. The van der Waals surface area contributed by atoms with Crippen molar-refractivity contribution in [1.82, 2.24) is 9.97 Å². The Morgan fingerprint density at radius 3 is 2.58 bits per heavy atom. The van der Waals surface area contributed by atoms with Gasteiger partial charge < -0.3 is 9.72 Å². The minimum absolute atomic E-state index is 0.211. The third-order valence-corrected chi connectivity index (χ3v) is 4.93. The van der Waals surface area contributed by atoms with Gasteiger partial charge in [-0.1, -0.05) is 18.2 Å². The van der Waals surface area contributed by atoms with Gasteiger partial charge in [-0.3, -0.25) is 4.79 Å². The minimum Gasteiger partial charge on any atom is -0.450 e. The molecule has 124 valence electrons. The van der Waals surface area contributed by atoms with Crippen LogP contribution < -0.4 is 0 Å². The molecule has 0 aliphatic carbocycles. The number of aryl methyl sites for hydroxylation is 3. The third-order valence-electron chi connectivity index (χ3n) is 3.88. The normalized spacial score (nSPS) is 12.3. The number of fused-ring (bicyclic) bond motifs is 1. The van der Waals surface area contributed by atoms with Crippen molar-refractivity contribution in [1.29, 1.82) is 0 Å². The Morgan fingerprint density at radius 2 is 1.92 bits per heavy atom. The van der Waals surface area contributed by atoms with Gasteiger partial charge in [0.2, 0.25) is 5.78 Å². The van der Waals surface area contributed by atoms with Gasteiger partial charge in [0.05, 0.1) is 10.7 Å². The van der Waals surface area contributed by atoms with Crippen LogP contribution in [0.4, 0.5) is 0 Å². The van der Waals surface area contributed by atoms with Crippen molar-refractivity contribution in [3.05, 3.63) is 51.1 Å². The van der Waals surface area contributed by atoms with Crippen molar-refractivity contribution in [2.75, 3.05) is 0 Å². The number of ether oxygens (including phenoxy) is 1. The van der Waals surface area contributed by atoms with Crippen LogP contribution in [-0.4, -0.2) is 27.8 Å². The van der Waals surface area contributed by atoms with E-state index >= 15 is 0 Å². The number of Topliss-reactive ketones (excluding diaryl/α,β-unsaturated/α-hetero) is 1. The SMILES string of the molecule is Cc1nc(C)c(C(=O)O[C@H](C)C(=O)c2c(C)[nH]c3ccccc23)s1. The van der Waals surface area contributed by atoms with Crippen LogP contribution in [0.2, 0.25) is 0 Å². The first-order valence-corrected chi connectivity index (χ1v) is 8.46. The predicted molar refractivity (Wildman–Crippen MR) is 93.8 cm³/mol. The number of ketones is 1. The summed E-state index contributed by atoms with van der Waals surface area (Å²) in [4.78, 5) is 32.9. The largest absolute Gasteiger partial charge is 0.450 e. The summed E-state index contributed by atoms with van der Waals surface area (Å²) in [6.45, 7) is 7.04. The first kappa shape index (κ1) is 16.4. The smallest absolute Gasteiger partial charge is 0.350 e. The summed E-state index contributed by atoms with van der Waals surface area (Å²) in [7, 11) is 0. The highest BCUT2D eigenvalue weighted by atomic mass is 32.1. The van der Waals surface area contributed by atoms with Crippen LogP contribution >= 0.6 is 11.3 Å². The van der Waals surface area contributed by atoms with E-state index in [1.54, 1.807) is 13.8 Å². The second kappa shape index (κ2) is 6.20. The summed E-state index contributed by atoms with van der Waals surface area (Å²) in [6.07, 6.45) is -0.864. The van der Waals surface area contributed by atoms with Crippen molar-refractivity contribution in [3.8, 4) is 0 Å². The number of carbonyl (C=O) groups excluding carboxylic acids is 2. The number of rotatable bonds is 4. The van der Waals surface area contributed by atoms with Gasteiger partial charge in [-0.2, -0.15) is 0 Å². The number of para-hydroxylation sites is 1. The van der Waals surface area contributed by atoms with Gasteiger partial charge in [0.1, 0.15) is 4.88 Å². The van der Waals surface area contributed by atoms with Crippen molar-refractivity contribution < 1.29 is 14.3 Å². The number of nitrogens with one attached hydrogen (secondary N) is 1. The van der Waals surface area contributed by atoms with Gasteiger partial charge in [-0.15, -0.1) is 11.3 Å². The minimum atomic E-state index is -0.864.